The Bertz CT molecular complexity index is 783. The van der Waals surface area contributed by atoms with Crippen molar-refractivity contribution in [3.63, 3.8) is 0 Å². The van der Waals surface area contributed by atoms with Crippen molar-refractivity contribution in [2.45, 2.75) is 4.90 Å². The van der Waals surface area contributed by atoms with Crippen molar-refractivity contribution in [1.29, 1.82) is 0 Å². The van der Waals surface area contributed by atoms with Crippen LogP contribution in [0.4, 0.5) is 17.1 Å². The molecule has 0 fully saturated rings. The van der Waals surface area contributed by atoms with Gasteiger partial charge in [-0.2, -0.15) is 0 Å². The fourth-order valence-electron chi connectivity index (χ4n) is 1.75. The number of sulfone groups is 1. The van der Waals surface area contributed by atoms with Gasteiger partial charge in [0, 0.05) is 11.9 Å². The van der Waals surface area contributed by atoms with Gasteiger partial charge in [0.15, 0.2) is 9.84 Å². The molecule has 4 N–H and O–H groups in total. The Hall–Kier alpha value is -2.54. The molecule has 0 aliphatic rings. The predicted molar refractivity (Wildman–Crippen MR) is 80.6 cm³/mol. The van der Waals surface area contributed by atoms with Crippen molar-refractivity contribution in [2.75, 3.05) is 17.3 Å². The summed E-state index contributed by atoms with van der Waals surface area (Å²) in [5, 5.41) is 11.9. The van der Waals surface area contributed by atoms with Gasteiger partial charge >= 0.3 is 5.97 Å². The van der Waals surface area contributed by atoms with Crippen LogP contribution in [0, 0.1) is 0 Å². The van der Waals surface area contributed by atoms with E-state index in [9.17, 15) is 13.2 Å². The lowest BCUT2D eigenvalue weighted by Gasteiger charge is -2.10. The molecule has 7 heteroatoms. The number of rotatable bonds is 4. The van der Waals surface area contributed by atoms with Crippen molar-refractivity contribution < 1.29 is 18.3 Å². The third-order valence-electron chi connectivity index (χ3n) is 2.86. The standard InChI is InChI=1S/C14H14N2O4S/c1-21(19,20)11-5-3-10(4-6-11)16-13-7-2-9(14(17)18)8-12(13)15/h2-8,16H,15H2,1H3,(H,17,18). The van der Waals surface area contributed by atoms with Crippen molar-refractivity contribution in [1.82, 2.24) is 0 Å². The maximum absolute atomic E-state index is 11.4. The molecular weight excluding hydrogens is 292 g/mol. The van der Waals surface area contributed by atoms with Gasteiger partial charge in [-0.3, -0.25) is 0 Å². The zero-order valence-electron chi connectivity index (χ0n) is 11.2. The van der Waals surface area contributed by atoms with Crippen molar-refractivity contribution >= 4 is 32.9 Å². The van der Waals surface area contributed by atoms with Crippen LogP contribution in [-0.4, -0.2) is 25.7 Å². The number of hydrogen-bond donors (Lipinski definition) is 3. The highest BCUT2D eigenvalue weighted by Crippen LogP contribution is 2.25. The van der Waals surface area contributed by atoms with E-state index in [0.29, 0.717) is 17.1 Å². The number of carboxylic acid groups (broad SMARTS) is 1. The van der Waals surface area contributed by atoms with Gasteiger partial charge in [-0.25, -0.2) is 13.2 Å². The van der Waals surface area contributed by atoms with Gasteiger partial charge in [-0.1, -0.05) is 0 Å². The number of anilines is 3. The highest BCUT2D eigenvalue weighted by Gasteiger charge is 2.08. The lowest BCUT2D eigenvalue weighted by Crippen LogP contribution is -2.02. The smallest absolute Gasteiger partial charge is 0.335 e. The van der Waals surface area contributed by atoms with E-state index in [2.05, 4.69) is 5.32 Å². The van der Waals surface area contributed by atoms with Crippen molar-refractivity contribution in [3.8, 4) is 0 Å². The first-order valence-corrected chi connectivity index (χ1v) is 7.86. The minimum absolute atomic E-state index is 0.102. The predicted octanol–water partition coefficient (Wildman–Crippen LogP) is 2.11. The first-order valence-electron chi connectivity index (χ1n) is 5.97. The van der Waals surface area contributed by atoms with Crippen LogP contribution in [0.5, 0.6) is 0 Å². The van der Waals surface area contributed by atoms with Gasteiger partial charge in [0.05, 0.1) is 21.8 Å². The minimum atomic E-state index is -3.23. The fraction of sp³-hybridized carbons (Fsp3) is 0.0714. The SMILES string of the molecule is CS(=O)(=O)c1ccc(Nc2ccc(C(=O)O)cc2N)cc1. The Morgan fingerprint density at radius 3 is 2.24 bits per heavy atom. The van der Waals surface area contributed by atoms with E-state index in [1.54, 1.807) is 18.2 Å². The minimum Gasteiger partial charge on any atom is -0.478 e. The van der Waals surface area contributed by atoms with E-state index in [-0.39, 0.29) is 10.5 Å². The van der Waals surface area contributed by atoms with Gasteiger partial charge in [0.2, 0.25) is 0 Å². The van der Waals surface area contributed by atoms with Crippen LogP contribution in [0.25, 0.3) is 0 Å². The molecule has 0 aliphatic carbocycles. The second-order valence-corrected chi connectivity index (χ2v) is 6.54. The van der Waals surface area contributed by atoms with Gasteiger partial charge in [0.25, 0.3) is 0 Å². The molecule has 2 aromatic carbocycles. The number of benzene rings is 2. The summed E-state index contributed by atoms with van der Waals surface area (Å²) < 4.78 is 22.7. The van der Waals surface area contributed by atoms with E-state index in [1.807, 2.05) is 0 Å². The highest BCUT2D eigenvalue weighted by atomic mass is 32.2. The quantitative estimate of drug-likeness (QED) is 0.746. The monoisotopic (exact) mass is 306 g/mol. The van der Waals surface area contributed by atoms with E-state index >= 15 is 0 Å². The van der Waals surface area contributed by atoms with Crippen LogP contribution in [0.3, 0.4) is 0 Å². The molecule has 0 atom stereocenters. The van der Waals surface area contributed by atoms with E-state index in [1.165, 1.54) is 24.3 Å². The number of hydrogen-bond acceptors (Lipinski definition) is 5. The second-order valence-electron chi connectivity index (χ2n) is 4.53. The molecule has 0 bridgehead atoms. The van der Waals surface area contributed by atoms with Crippen molar-refractivity contribution in [2.24, 2.45) is 0 Å². The summed E-state index contributed by atoms with van der Waals surface area (Å²) in [5.41, 5.74) is 7.38. The zero-order chi connectivity index (χ0) is 15.6. The molecule has 0 amide bonds. The zero-order valence-corrected chi connectivity index (χ0v) is 12.0. The van der Waals surface area contributed by atoms with Crippen LogP contribution in [0.15, 0.2) is 47.4 Å². The summed E-state index contributed by atoms with van der Waals surface area (Å²) in [6, 6.07) is 10.5. The summed E-state index contributed by atoms with van der Waals surface area (Å²) in [7, 11) is -3.23. The average molecular weight is 306 g/mol. The first kappa shape index (κ1) is 14.9. The van der Waals surface area contributed by atoms with Gasteiger partial charge in [-0.05, 0) is 42.5 Å². The number of carboxylic acids is 1. The molecule has 0 heterocycles. The molecule has 0 spiro atoms. The third kappa shape index (κ3) is 3.51. The summed E-state index contributed by atoms with van der Waals surface area (Å²) in [6.45, 7) is 0. The normalized spacial score (nSPS) is 11.1. The Morgan fingerprint density at radius 2 is 1.76 bits per heavy atom. The summed E-state index contributed by atoms with van der Waals surface area (Å²) in [6.07, 6.45) is 1.14. The molecule has 0 unspecified atom stereocenters. The molecular formula is C14H14N2O4S. The maximum atomic E-state index is 11.4. The Morgan fingerprint density at radius 1 is 1.14 bits per heavy atom. The molecule has 21 heavy (non-hydrogen) atoms. The number of carbonyl (C=O) groups is 1. The van der Waals surface area contributed by atoms with Gasteiger partial charge in [0.1, 0.15) is 0 Å². The molecule has 2 aromatic rings. The Labute approximate surface area is 122 Å². The molecule has 110 valence electrons. The molecule has 6 nitrogen and oxygen atoms in total. The van der Waals surface area contributed by atoms with E-state index in [0.717, 1.165) is 6.26 Å². The van der Waals surface area contributed by atoms with Crippen LogP contribution in [0.2, 0.25) is 0 Å². The summed E-state index contributed by atoms with van der Waals surface area (Å²) in [5.74, 6) is -1.05. The van der Waals surface area contributed by atoms with Crippen LogP contribution < -0.4 is 11.1 Å². The van der Waals surface area contributed by atoms with Gasteiger partial charge < -0.3 is 16.2 Å². The number of aromatic carboxylic acids is 1. The maximum Gasteiger partial charge on any atom is 0.335 e. The second kappa shape index (κ2) is 5.45. The lowest BCUT2D eigenvalue weighted by atomic mass is 10.1. The van der Waals surface area contributed by atoms with Crippen LogP contribution in [0.1, 0.15) is 10.4 Å². The van der Waals surface area contributed by atoms with E-state index in [4.69, 9.17) is 10.8 Å². The number of nitrogens with one attached hydrogen (secondary N) is 1. The lowest BCUT2D eigenvalue weighted by molar-refractivity contribution is 0.0697. The van der Waals surface area contributed by atoms with E-state index < -0.39 is 15.8 Å². The van der Waals surface area contributed by atoms with Crippen molar-refractivity contribution in [3.05, 3.63) is 48.0 Å². The largest absolute Gasteiger partial charge is 0.478 e. The molecule has 0 aliphatic heterocycles. The Kier molecular flexibility index (Phi) is 3.86. The third-order valence-corrected chi connectivity index (χ3v) is 3.99. The van der Waals surface area contributed by atoms with Gasteiger partial charge in [-0.15, -0.1) is 0 Å². The Balaban J connectivity index is 2.24. The molecule has 0 radical (unpaired) electrons. The first-order chi connectivity index (χ1) is 9.77. The topological polar surface area (TPSA) is 109 Å². The summed E-state index contributed by atoms with van der Waals surface area (Å²) in [4.78, 5) is 11.0. The fourth-order valence-corrected chi connectivity index (χ4v) is 2.38. The van der Waals surface area contributed by atoms with Crippen LogP contribution in [-0.2, 0) is 9.84 Å². The summed E-state index contributed by atoms with van der Waals surface area (Å²) >= 11 is 0. The average Bonchev–Trinajstić information content (AvgIpc) is 2.40. The van der Waals surface area contributed by atoms with Crippen LogP contribution >= 0.6 is 0 Å². The molecule has 0 saturated heterocycles. The molecule has 2 rings (SSSR count). The molecule has 0 saturated carbocycles. The molecule has 0 aromatic heterocycles. The highest BCUT2D eigenvalue weighted by molar-refractivity contribution is 7.90. The number of nitrogens with two attached hydrogens (primary N) is 1. The number of nitrogen functional groups attached to an aromatic ring is 1.